The topological polar surface area (TPSA) is 43.4 Å². The predicted octanol–water partition coefficient (Wildman–Crippen LogP) is 3.09. The lowest BCUT2D eigenvalue weighted by Crippen LogP contribution is -2.23. The van der Waals surface area contributed by atoms with E-state index in [4.69, 9.17) is 9.47 Å². The number of nitrogens with one attached hydrogen (secondary N) is 1. The van der Waals surface area contributed by atoms with Crippen LogP contribution in [0.25, 0.3) is 0 Å². The predicted molar refractivity (Wildman–Crippen MR) is 84.0 cm³/mol. The van der Waals surface area contributed by atoms with Gasteiger partial charge in [-0.05, 0) is 48.6 Å². The Morgan fingerprint density at radius 1 is 1.09 bits per heavy atom. The molecule has 114 valence electrons. The summed E-state index contributed by atoms with van der Waals surface area (Å²) in [4.78, 5) is 4.39. The van der Waals surface area contributed by atoms with Gasteiger partial charge in [-0.1, -0.05) is 12.1 Å². The second kappa shape index (κ2) is 5.97. The number of fused-ring (bicyclic) bond motifs is 1. The van der Waals surface area contributed by atoms with Crippen molar-refractivity contribution in [2.75, 3.05) is 13.2 Å². The van der Waals surface area contributed by atoms with E-state index in [1.54, 1.807) is 0 Å². The van der Waals surface area contributed by atoms with Gasteiger partial charge < -0.3 is 14.8 Å². The molecule has 2 heterocycles. The normalized spacial score (nSPS) is 18.0. The summed E-state index contributed by atoms with van der Waals surface area (Å²) < 4.78 is 11.3. The van der Waals surface area contributed by atoms with Gasteiger partial charge in [0.2, 0.25) is 0 Å². The molecule has 1 aromatic heterocycles. The maximum Gasteiger partial charge on any atom is 0.161 e. The van der Waals surface area contributed by atoms with Crippen LogP contribution in [0.2, 0.25) is 0 Å². The molecule has 1 aromatic carbocycles. The van der Waals surface area contributed by atoms with Crippen LogP contribution in [0.4, 0.5) is 0 Å². The first-order valence-electron chi connectivity index (χ1n) is 7.93. The number of rotatable bonds is 5. The molecule has 4 rings (SSSR count). The van der Waals surface area contributed by atoms with Crippen molar-refractivity contribution >= 4 is 0 Å². The highest BCUT2D eigenvalue weighted by Crippen LogP contribution is 2.43. The maximum atomic E-state index is 5.71. The molecule has 0 spiro atoms. The summed E-state index contributed by atoms with van der Waals surface area (Å²) in [6.45, 7) is 2.05. The van der Waals surface area contributed by atoms with Crippen molar-refractivity contribution in [2.24, 2.45) is 5.92 Å². The van der Waals surface area contributed by atoms with Crippen molar-refractivity contribution in [3.05, 3.63) is 53.9 Å². The van der Waals surface area contributed by atoms with Gasteiger partial charge in [0.05, 0.1) is 5.69 Å². The van der Waals surface area contributed by atoms with Crippen LogP contribution >= 0.6 is 0 Å². The van der Waals surface area contributed by atoms with Gasteiger partial charge in [0.1, 0.15) is 13.2 Å². The van der Waals surface area contributed by atoms with Crippen LogP contribution in [0.3, 0.4) is 0 Å². The Balaban J connectivity index is 1.52. The molecule has 1 N–H and O–H groups in total. The zero-order chi connectivity index (χ0) is 14.8. The van der Waals surface area contributed by atoms with Gasteiger partial charge in [0.15, 0.2) is 11.5 Å². The molecular weight excluding hydrogens is 276 g/mol. The fourth-order valence-corrected chi connectivity index (χ4v) is 2.96. The molecule has 1 unspecified atom stereocenters. The molecule has 0 radical (unpaired) electrons. The van der Waals surface area contributed by atoms with E-state index in [2.05, 4.69) is 28.5 Å². The molecule has 1 atom stereocenters. The third-order valence-corrected chi connectivity index (χ3v) is 4.25. The third kappa shape index (κ3) is 2.92. The molecule has 1 aliphatic heterocycles. The first-order valence-corrected chi connectivity index (χ1v) is 7.93. The Kier molecular flexibility index (Phi) is 3.69. The molecule has 1 fully saturated rings. The molecule has 1 aliphatic carbocycles. The SMILES string of the molecule is c1ccc(CNC(c2ccc3c(c2)OCCO3)C2CC2)nc1. The zero-order valence-electron chi connectivity index (χ0n) is 12.5. The third-order valence-electron chi connectivity index (χ3n) is 4.25. The second-order valence-corrected chi connectivity index (χ2v) is 5.92. The fourth-order valence-electron chi connectivity index (χ4n) is 2.96. The minimum atomic E-state index is 0.359. The van der Waals surface area contributed by atoms with E-state index in [0.29, 0.717) is 25.2 Å². The van der Waals surface area contributed by atoms with Crippen LogP contribution in [0, 0.1) is 5.92 Å². The van der Waals surface area contributed by atoms with E-state index >= 15 is 0 Å². The number of hydrogen-bond donors (Lipinski definition) is 1. The van der Waals surface area contributed by atoms with Crippen molar-refractivity contribution in [3.63, 3.8) is 0 Å². The van der Waals surface area contributed by atoms with Crippen LogP contribution in [-0.2, 0) is 6.54 Å². The minimum absolute atomic E-state index is 0.359. The number of aromatic nitrogens is 1. The average molecular weight is 296 g/mol. The van der Waals surface area contributed by atoms with Gasteiger partial charge in [-0.25, -0.2) is 0 Å². The standard InChI is InChI=1S/C18H20N2O2/c1-2-8-19-15(3-1)12-20-18(13-4-5-13)14-6-7-16-17(11-14)22-10-9-21-16/h1-3,6-8,11,13,18,20H,4-5,9-10,12H2. The van der Waals surface area contributed by atoms with E-state index in [1.165, 1.54) is 18.4 Å². The van der Waals surface area contributed by atoms with Crippen LogP contribution in [0.5, 0.6) is 11.5 Å². The second-order valence-electron chi connectivity index (χ2n) is 5.92. The van der Waals surface area contributed by atoms with E-state index < -0.39 is 0 Å². The van der Waals surface area contributed by atoms with Crippen LogP contribution < -0.4 is 14.8 Å². The van der Waals surface area contributed by atoms with Crippen molar-refractivity contribution in [3.8, 4) is 11.5 Å². The lowest BCUT2D eigenvalue weighted by atomic mass is 10.0. The van der Waals surface area contributed by atoms with Crippen molar-refractivity contribution in [2.45, 2.75) is 25.4 Å². The van der Waals surface area contributed by atoms with Crippen LogP contribution in [0.1, 0.15) is 30.1 Å². The highest BCUT2D eigenvalue weighted by atomic mass is 16.6. The molecule has 22 heavy (non-hydrogen) atoms. The lowest BCUT2D eigenvalue weighted by molar-refractivity contribution is 0.171. The summed E-state index contributed by atoms with van der Waals surface area (Å²) in [5.41, 5.74) is 2.35. The first kappa shape index (κ1) is 13.6. The summed E-state index contributed by atoms with van der Waals surface area (Å²) in [7, 11) is 0. The van der Waals surface area contributed by atoms with E-state index in [9.17, 15) is 0 Å². The van der Waals surface area contributed by atoms with Crippen LogP contribution in [0.15, 0.2) is 42.6 Å². The molecule has 0 amide bonds. The minimum Gasteiger partial charge on any atom is -0.486 e. The molecule has 2 aromatic rings. The van der Waals surface area contributed by atoms with Gasteiger partial charge in [0, 0.05) is 18.8 Å². The van der Waals surface area contributed by atoms with E-state index in [0.717, 1.165) is 23.7 Å². The van der Waals surface area contributed by atoms with E-state index in [-0.39, 0.29) is 0 Å². The van der Waals surface area contributed by atoms with Gasteiger partial charge in [-0.15, -0.1) is 0 Å². The molecule has 0 bridgehead atoms. The van der Waals surface area contributed by atoms with Crippen molar-refractivity contribution < 1.29 is 9.47 Å². The van der Waals surface area contributed by atoms with Gasteiger partial charge >= 0.3 is 0 Å². The largest absolute Gasteiger partial charge is 0.486 e. The Hall–Kier alpha value is -2.07. The van der Waals surface area contributed by atoms with Crippen molar-refractivity contribution in [1.82, 2.24) is 10.3 Å². The molecule has 1 saturated carbocycles. The Morgan fingerprint density at radius 2 is 1.95 bits per heavy atom. The summed E-state index contributed by atoms with van der Waals surface area (Å²) in [5, 5.41) is 3.66. The monoisotopic (exact) mass is 296 g/mol. The number of hydrogen-bond acceptors (Lipinski definition) is 4. The molecule has 4 heteroatoms. The highest BCUT2D eigenvalue weighted by Gasteiger charge is 2.32. The van der Waals surface area contributed by atoms with E-state index in [1.807, 2.05) is 24.4 Å². The smallest absolute Gasteiger partial charge is 0.161 e. The number of nitrogens with zero attached hydrogens (tertiary/aromatic N) is 1. The molecule has 0 saturated heterocycles. The van der Waals surface area contributed by atoms with Gasteiger partial charge in [-0.2, -0.15) is 0 Å². The Morgan fingerprint density at radius 3 is 2.73 bits per heavy atom. The summed E-state index contributed by atoms with van der Waals surface area (Å²) in [6.07, 6.45) is 4.41. The molecular formula is C18H20N2O2. The lowest BCUT2D eigenvalue weighted by Gasteiger charge is -2.23. The van der Waals surface area contributed by atoms with Gasteiger partial charge in [0.25, 0.3) is 0 Å². The van der Waals surface area contributed by atoms with Gasteiger partial charge in [-0.3, -0.25) is 4.98 Å². The van der Waals surface area contributed by atoms with Crippen molar-refractivity contribution in [1.29, 1.82) is 0 Å². The molecule has 2 aliphatic rings. The first-order chi connectivity index (χ1) is 10.9. The Bertz CT molecular complexity index is 641. The maximum absolute atomic E-state index is 5.71. The number of ether oxygens (including phenoxy) is 2. The highest BCUT2D eigenvalue weighted by molar-refractivity contribution is 5.45. The summed E-state index contributed by atoms with van der Waals surface area (Å²) in [5.74, 6) is 2.44. The number of benzene rings is 1. The fraction of sp³-hybridized carbons (Fsp3) is 0.389. The molecule has 4 nitrogen and oxygen atoms in total. The summed E-state index contributed by atoms with van der Waals surface area (Å²) >= 11 is 0. The zero-order valence-corrected chi connectivity index (χ0v) is 12.5. The van der Waals surface area contributed by atoms with Crippen LogP contribution in [-0.4, -0.2) is 18.2 Å². The average Bonchev–Trinajstić information content (AvgIpc) is 3.41. The quantitative estimate of drug-likeness (QED) is 0.921. The summed E-state index contributed by atoms with van der Waals surface area (Å²) in [6, 6.07) is 12.7. The number of pyridine rings is 1. The Labute approximate surface area is 130 Å².